The Morgan fingerprint density at radius 1 is 1.20 bits per heavy atom. The number of nitrogens with zero attached hydrogens (tertiary/aromatic N) is 2. The number of hydrogen-bond acceptors (Lipinski definition) is 3. The summed E-state index contributed by atoms with van der Waals surface area (Å²) < 4.78 is 7.18. The third-order valence-corrected chi connectivity index (χ3v) is 5.27. The second kappa shape index (κ2) is 10.6. The van der Waals surface area contributed by atoms with E-state index in [0.29, 0.717) is 11.4 Å². The van der Waals surface area contributed by atoms with E-state index in [9.17, 15) is 9.90 Å². The summed E-state index contributed by atoms with van der Waals surface area (Å²) in [6.07, 6.45) is 7.90. The number of aromatic nitrogens is 2. The van der Waals surface area contributed by atoms with Gasteiger partial charge >= 0.3 is 5.97 Å². The van der Waals surface area contributed by atoms with Gasteiger partial charge in [0, 0.05) is 17.4 Å². The highest BCUT2D eigenvalue weighted by Gasteiger charge is 2.16. The summed E-state index contributed by atoms with van der Waals surface area (Å²) in [5, 5.41) is 14.3. The number of ether oxygens (including phenoxy) is 1. The Morgan fingerprint density at radius 3 is 2.53 bits per heavy atom. The molecule has 1 N–H and O–H groups in total. The zero-order valence-corrected chi connectivity index (χ0v) is 17.6. The Kier molecular flexibility index (Phi) is 7.69. The maximum Gasteiger partial charge on any atom is 0.307 e. The van der Waals surface area contributed by atoms with Crippen LogP contribution in [0.5, 0.6) is 5.75 Å². The van der Waals surface area contributed by atoms with Gasteiger partial charge in [-0.2, -0.15) is 5.10 Å². The van der Waals surface area contributed by atoms with Crippen LogP contribution in [0.4, 0.5) is 0 Å². The van der Waals surface area contributed by atoms with E-state index in [1.165, 1.54) is 5.56 Å². The highest BCUT2D eigenvalue weighted by atomic mass is 35.5. The molecule has 3 aromatic rings. The zero-order valence-electron chi connectivity index (χ0n) is 16.9. The van der Waals surface area contributed by atoms with Crippen LogP contribution in [0.15, 0.2) is 73.1 Å². The van der Waals surface area contributed by atoms with Crippen LogP contribution < -0.4 is 4.74 Å². The maximum absolute atomic E-state index is 11.2. The number of benzene rings is 2. The molecule has 1 unspecified atom stereocenters. The largest absolute Gasteiger partial charge is 0.497 e. The average Bonchev–Trinajstić information content (AvgIpc) is 3.29. The molecule has 1 aromatic heterocycles. The van der Waals surface area contributed by atoms with Crippen LogP contribution in [0.1, 0.15) is 36.4 Å². The number of hydrogen-bond donors (Lipinski definition) is 1. The van der Waals surface area contributed by atoms with E-state index in [2.05, 4.69) is 17.2 Å². The molecular weight excluding hydrogens is 400 g/mol. The van der Waals surface area contributed by atoms with Crippen molar-refractivity contribution in [3.05, 3.63) is 89.2 Å². The van der Waals surface area contributed by atoms with E-state index in [1.807, 2.05) is 53.3 Å². The smallest absolute Gasteiger partial charge is 0.307 e. The molecule has 0 bridgehead atoms. The van der Waals surface area contributed by atoms with E-state index in [0.717, 1.165) is 29.7 Å². The highest BCUT2D eigenvalue weighted by Crippen LogP contribution is 2.30. The fraction of sp³-hybridized carbons (Fsp3) is 0.250. The van der Waals surface area contributed by atoms with Crippen molar-refractivity contribution < 1.29 is 14.6 Å². The first-order valence-electron chi connectivity index (χ1n) is 9.84. The van der Waals surface area contributed by atoms with Gasteiger partial charge in [-0.3, -0.25) is 9.48 Å². The first-order valence-corrected chi connectivity index (χ1v) is 10.2. The Labute approximate surface area is 181 Å². The van der Waals surface area contributed by atoms with Gasteiger partial charge in [0.05, 0.1) is 19.6 Å². The molecule has 2 aromatic carbocycles. The summed E-state index contributed by atoms with van der Waals surface area (Å²) in [5.74, 6) is -0.0145. The average molecular weight is 425 g/mol. The predicted octanol–water partition coefficient (Wildman–Crippen LogP) is 5.67. The quantitative estimate of drug-likeness (QED) is 0.455. The minimum Gasteiger partial charge on any atom is -0.497 e. The van der Waals surface area contributed by atoms with Crippen LogP contribution in [0.25, 0.3) is 5.57 Å². The lowest BCUT2D eigenvalue weighted by Gasteiger charge is -2.20. The summed E-state index contributed by atoms with van der Waals surface area (Å²) in [7, 11) is 1.66. The minimum atomic E-state index is -0.852. The summed E-state index contributed by atoms with van der Waals surface area (Å²) in [6.45, 7) is 0. The van der Waals surface area contributed by atoms with Gasteiger partial charge in [-0.25, -0.2) is 0 Å². The molecule has 0 aliphatic heterocycles. The number of methoxy groups -OCH3 is 1. The highest BCUT2D eigenvalue weighted by molar-refractivity contribution is 6.30. The molecule has 3 rings (SSSR count). The monoisotopic (exact) mass is 424 g/mol. The molecule has 0 saturated heterocycles. The number of carboxylic acids is 1. The first-order chi connectivity index (χ1) is 14.5. The predicted molar refractivity (Wildman–Crippen MR) is 119 cm³/mol. The molecule has 6 heteroatoms. The standard InChI is InChI=1S/C24H25ClN2O3/c1-30-23-12-4-18(5-13-23)3-11-22(27-16-2-15-26-27)17-20(8-14-24(28)29)19-6-9-21(25)10-7-19/h2,4-10,12-13,15-16,22H,3,11,14,17H2,1H3,(H,28,29)/b20-8+. The van der Waals surface area contributed by atoms with Crippen molar-refractivity contribution in [2.75, 3.05) is 7.11 Å². The Bertz CT molecular complexity index is 965. The van der Waals surface area contributed by atoms with E-state index in [-0.39, 0.29) is 12.5 Å². The summed E-state index contributed by atoms with van der Waals surface area (Å²) in [6, 6.07) is 17.6. The van der Waals surface area contributed by atoms with Crippen molar-refractivity contribution >= 4 is 23.1 Å². The molecule has 156 valence electrons. The van der Waals surface area contributed by atoms with E-state index >= 15 is 0 Å². The van der Waals surface area contributed by atoms with Crippen molar-refractivity contribution in [1.29, 1.82) is 0 Å². The zero-order chi connectivity index (χ0) is 21.3. The third kappa shape index (κ3) is 6.22. The molecule has 0 radical (unpaired) electrons. The molecule has 1 heterocycles. The molecule has 30 heavy (non-hydrogen) atoms. The normalized spacial score (nSPS) is 12.5. The Morgan fingerprint density at radius 2 is 1.93 bits per heavy atom. The molecule has 0 fully saturated rings. The van der Waals surface area contributed by atoms with Crippen LogP contribution in [-0.2, 0) is 11.2 Å². The van der Waals surface area contributed by atoms with Gasteiger partial charge in [0.25, 0.3) is 0 Å². The lowest BCUT2D eigenvalue weighted by molar-refractivity contribution is -0.135. The topological polar surface area (TPSA) is 64.3 Å². The first kappa shape index (κ1) is 21.7. The number of rotatable bonds is 10. The summed E-state index contributed by atoms with van der Waals surface area (Å²) in [4.78, 5) is 11.2. The fourth-order valence-electron chi connectivity index (χ4n) is 3.40. The van der Waals surface area contributed by atoms with E-state index in [1.54, 1.807) is 19.4 Å². The van der Waals surface area contributed by atoms with Crippen molar-refractivity contribution in [1.82, 2.24) is 9.78 Å². The molecule has 5 nitrogen and oxygen atoms in total. The molecule has 1 atom stereocenters. The lowest BCUT2D eigenvalue weighted by Crippen LogP contribution is -2.12. The molecular formula is C24H25ClN2O3. The van der Waals surface area contributed by atoms with Crippen molar-refractivity contribution in [2.24, 2.45) is 0 Å². The fourth-order valence-corrected chi connectivity index (χ4v) is 3.52. The number of carbonyl (C=O) groups is 1. The number of aryl methyl sites for hydroxylation is 1. The number of halogens is 1. The molecule has 0 aliphatic carbocycles. The lowest BCUT2D eigenvalue weighted by atomic mass is 9.94. The van der Waals surface area contributed by atoms with Gasteiger partial charge in [-0.1, -0.05) is 41.9 Å². The SMILES string of the molecule is COc1ccc(CCC(C/C(=C\CC(=O)O)c2ccc(Cl)cc2)n2cccn2)cc1. The van der Waals surface area contributed by atoms with Crippen LogP contribution in [0.2, 0.25) is 5.02 Å². The van der Waals surface area contributed by atoms with Crippen LogP contribution in [0.3, 0.4) is 0 Å². The molecule has 0 aliphatic rings. The number of allylic oxidation sites excluding steroid dienone is 1. The van der Waals surface area contributed by atoms with Crippen molar-refractivity contribution in [3.8, 4) is 5.75 Å². The van der Waals surface area contributed by atoms with Gasteiger partial charge in [0.1, 0.15) is 5.75 Å². The maximum atomic E-state index is 11.2. The van der Waals surface area contributed by atoms with Crippen LogP contribution >= 0.6 is 11.6 Å². The molecule has 0 amide bonds. The van der Waals surface area contributed by atoms with Gasteiger partial charge in [0.2, 0.25) is 0 Å². The van der Waals surface area contributed by atoms with Crippen molar-refractivity contribution in [3.63, 3.8) is 0 Å². The van der Waals surface area contributed by atoms with Gasteiger partial charge in [-0.05, 0) is 66.3 Å². The van der Waals surface area contributed by atoms with Crippen LogP contribution in [-0.4, -0.2) is 28.0 Å². The van der Waals surface area contributed by atoms with Crippen LogP contribution in [0, 0.1) is 0 Å². The van der Waals surface area contributed by atoms with E-state index in [4.69, 9.17) is 16.3 Å². The second-order valence-electron chi connectivity index (χ2n) is 7.06. The molecule has 0 spiro atoms. The summed E-state index contributed by atoms with van der Waals surface area (Å²) in [5.41, 5.74) is 3.17. The van der Waals surface area contributed by atoms with Crippen molar-refractivity contribution in [2.45, 2.75) is 31.7 Å². The second-order valence-corrected chi connectivity index (χ2v) is 7.50. The molecule has 0 saturated carbocycles. The van der Waals surface area contributed by atoms with Gasteiger partial charge in [0.15, 0.2) is 0 Å². The number of carboxylic acid groups (broad SMARTS) is 1. The Hall–Kier alpha value is -3.05. The van der Waals surface area contributed by atoms with Gasteiger partial charge < -0.3 is 9.84 Å². The minimum absolute atomic E-state index is 0.0255. The van der Waals surface area contributed by atoms with Gasteiger partial charge in [-0.15, -0.1) is 0 Å². The Balaban J connectivity index is 1.81. The van der Waals surface area contributed by atoms with E-state index < -0.39 is 5.97 Å². The number of aliphatic carboxylic acids is 1. The summed E-state index contributed by atoms with van der Waals surface area (Å²) >= 11 is 6.03. The third-order valence-electron chi connectivity index (χ3n) is 5.02.